The molecular weight excluding hydrogens is 534 g/mol. The zero-order chi connectivity index (χ0) is 29.7. The van der Waals surface area contributed by atoms with E-state index in [4.69, 9.17) is 0 Å². The number of rotatable bonds is 7. The molecule has 3 aromatic heterocycles. The van der Waals surface area contributed by atoms with Crippen LogP contribution < -0.4 is 0 Å². The smallest absolute Gasteiger partial charge is 0.0624 e. The van der Waals surface area contributed by atoms with Gasteiger partial charge in [0, 0.05) is 47.7 Å². The van der Waals surface area contributed by atoms with E-state index < -0.39 is 0 Å². The average Bonchev–Trinajstić information content (AvgIpc) is 3.12. The lowest BCUT2D eigenvalue weighted by Gasteiger charge is -2.14. The van der Waals surface area contributed by atoms with Crippen LogP contribution in [0.25, 0.3) is 72.8 Å². The van der Waals surface area contributed by atoms with Crippen molar-refractivity contribution in [1.82, 2.24) is 15.0 Å². The molecule has 0 amide bonds. The van der Waals surface area contributed by atoms with E-state index in [0.717, 1.165) is 72.5 Å². The number of benzene rings is 4. The van der Waals surface area contributed by atoms with Crippen molar-refractivity contribution in [2.75, 3.05) is 0 Å². The first-order valence-electron chi connectivity index (χ1n) is 14.6. The van der Waals surface area contributed by atoms with Gasteiger partial charge in [-0.1, -0.05) is 79.4 Å². The molecular formula is C41H29N3. The highest BCUT2D eigenvalue weighted by Crippen LogP contribution is 2.36. The molecule has 0 saturated heterocycles. The van der Waals surface area contributed by atoms with E-state index in [1.165, 1.54) is 0 Å². The third-order valence-corrected chi connectivity index (χ3v) is 7.84. The maximum Gasteiger partial charge on any atom is 0.0624 e. The average molecular weight is 564 g/mol. The monoisotopic (exact) mass is 563 g/mol. The van der Waals surface area contributed by atoms with Crippen LogP contribution in [-0.4, -0.2) is 15.0 Å². The summed E-state index contributed by atoms with van der Waals surface area (Å²) >= 11 is 0. The highest BCUT2D eigenvalue weighted by molar-refractivity contribution is 5.85. The van der Waals surface area contributed by atoms with Crippen molar-refractivity contribution in [2.45, 2.75) is 0 Å². The molecule has 208 valence electrons. The second-order valence-electron chi connectivity index (χ2n) is 10.7. The maximum atomic E-state index is 4.52. The largest absolute Gasteiger partial charge is 0.264 e. The molecule has 0 fully saturated rings. The molecule has 0 N–H and O–H groups in total. The van der Waals surface area contributed by atoms with Gasteiger partial charge in [0.1, 0.15) is 0 Å². The quantitative estimate of drug-likeness (QED) is 0.194. The molecule has 0 radical (unpaired) electrons. The summed E-state index contributed by atoms with van der Waals surface area (Å²) in [7, 11) is 0. The molecule has 7 rings (SSSR count). The molecule has 4 aromatic carbocycles. The van der Waals surface area contributed by atoms with Gasteiger partial charge in [-0.3, -0.25) is 15.0 Å². The lowest BCUT2D eigenvalue weighted by atomic mass is 9.90. The molecule has 44 heavy (non-hydrogen) atoms. The number of hydrogen-bond acceptors (Lipinski definition) is 3. The van der Waals surface area contributed by atoms with Gasteiger partial charge in [-0.2, -0.15) is 0 Å². The van der Waals surface area contributed by atoms with Crippen molar-refractivity contribution in [3.05, 3.63) is 171 Å². The number of nitrogens with zero attached hydrogens (tertiary/aromatic N) is 3. The van der Waals surface area contributed by atoms with Crippen LogP contribution in [0, 0.1) is 0 Å². The highest BCUT2D eigenvalue weighted by Gasteiger charge is 2.11. The van der Waals surface area contributed by atoms with Gasteiger partial charge in [-0.05, 0) is 111 Å². The van der Waals surface area contributed by atoms with Gasteiger partial charge in [-0.15, -0.1) is 0 Å². The molecule has 3 nitrogen and oxygen atoms in total. The summed E-state index contributed by atoms with van der Waals surface area (Å²) < 4.78 is 0. The summed E-state index contributed by atoms with van der Waals surface area (Å²) in [6, 6.07) is 45.1. The molecule has 0 bridgehead atoms. The molecule has 0 aliphatic carbocycles. The molecule has 0 aliphatic heterocycles. The van der Waals surface area contributed by atoms with Gasteiger partial charge in [0.15, 0.2) is 0 Å². The topological polar surface area (TPSA) is 38.7 Å². The Balaban J connectivity index is 1.37. The zero-order valence-electron chi connectivity index (χ0n) is 24.1. The summed E-state index contributed by atoms with van der Waals surface area (Å²) in [5, 5.41) is 0. The van der Waals surface area contributed by atoms with Crippen molar-refractivity contribution in [2.24, 2.45) is 0 Å². The highest BCUT2D eigenvalue weighted by atomic mass is 14.7. The molecule has 3 heteroatoms. The maximum absolute atomic E-state index is 4.52. The third-order valence-electron chi connectivity index (χ3n) is 7.84. The fourth-order valence-corrected chi connectivity index (χ4v) is 5.53. The van der Waals surface area contributed by atoms with Gasteiger partial charge < -0.3 is 0 Å². The molecule has 0 unspecified atom stereocenters. The molecule has 7 aromatic rings. The lowest BCUT2D eigenvalue weighted by molar-refractivity contribution is 1.30. The van der Waals surface area contributed by atoms with Gasteiger partial charge >= 0.3 is 0 Å². The standard InChI is InChI=1S/C41H29N3/c1-2-41-17-16-37(28-44-41)31-10-5-13-34(22-31)40-24-38(32-11-3-8-29(20-32)35-14-6-18-42-26-35)23-39(25-40)33-12-4-9-30(21-33)36-15-7-19-43-27-36/h2-28H,1H2. The van der Waals surface area contributed by atoms with Crippen LogP contribution >= 0.6 is 0 Å². The van der Waals surface area contributed by atoms with Gasteiger partial charge in [0.05, 0.1) is 5.69 Å². The second kappa shape index (κ2) is 12.1. The van der Waals surface area contributed by atoms with Crippen molar-refractivity contribution < 1.29 is 0 Å². The van der Waals surface area contributed by atoms with Crippen molar-refractivity contribution in [3.63, 3.8) is 0 Å². The Labute approximate surface area is 257 Å². The summed E-state index contributed by atoms with van der Waals surface area (Å²) in [6.07, 6.45) is 11.1. The number of pyridine rings is 3. The van der Waals surface area contributed by atoms with E-state index in [-0.39, 0.29) is 0 Å². The van der Waals surface area contributed by atoms with Crippen molar-refractivity contribution in [1.29, 1.82) is 0 Å². The van der Waals surface area contributed by atoms with Crippen LogP contribution in [0.3, 0.4) is 0 Å². The molecule has 3 heterocycles. The first-order valence-corrected chi connectivity index (χ1v) is 14.6. The summed E-state index contributed by atoms with van der Waals surface area (Å²) in [5.74, 6) is 0. The van der Waals surface area contributed by atoms with Crippen LogP contribution in [0.2, 0.25) is 0 Å². The Kier molecular flexibility index (Phi) is 7.42. The Morgan fingerprint density at radius 2 is 0.727 bits per heavy atom. The van der Waals surface area contributed by atoms with Crippen LogP contribution in [-0.2, 0) is 0 Å². The van der Waals surface area contributed by atoms with E-state index in [1.54, 1.807) is 18.5 Å². The van der Waals surface area contributed by atoms with E-state index in [1.807, 2.05) is 36.8 Å². The summed E-state index contributed by atoms with van der Waals surface area (Å²) in [6.45, 7) is 3.83. The normalized spacial score (nSPS) is 10.8. The minimum atomic E-state index is 0.865. The Morgan fingerprint density at radius 1 is 0.364 bits per heavy atom. The predicted octanol–water partition coefficient (Wildman–Crippen LogP) is 10.5. The van der Waals surface area contributed by atoms with Crippen LogP contribution in [0.1, 0.15) is 5.69 Å². The minimum Gasteiger partial charge on any atom is -0.264 e. The van der Waals surface area contributed by atoms with Gasteiger partial charge in [0.25, 0.3) is 0 Å². The van der Waals surface area contributed by atoms with Gasteiger partial charge in [0.2, 0.25) is 0 Å². The first-order chi connectivity index (χ1) is 21.7. The van der Waals surface area contributed by atoms with E-state index in [0.29, 0.717) is 0 Å². The Hall–Kier alpha value is -5.93. The van der Waals surface area contributed by atoms with E-state index >= 15 is 0 Å². The summed E-state index contributed by atoms with van der Waals surface area (Å²) in [4.78, 5) is 13.2. The molecule has 0 saturated carbocycles. The Bertz CT molecular complexity index is 1960. The van der Waals surface area contributed by atoms with Crippen molar-refractivity contribution >= 4 is 6.08 Å². The fraction of sp³-hybridized carbons (Fsp3) is 0. The molecule has 0 aliphatic rings. The Morgan fingerprint density at radius 3 is 1.07 bits per heavy atom. The lowest BCUT2D eigenvalue weighted by Crippen LogP contribution is -1.89. The van der Waals surface area contributed by atoms with Gasteiger partial charge in [-0.25, -0.2) is 0 Å². The van der Waals surface area contributed by atoms with Crippen LogP contribution in [0.15, 0.2) is 165 Å². The minimum absolute atomic E-state index is 0.865. The number of hydrogen-bond donors (Lipinski definition) is 0. The van der Waals surface area contributed by atoms with Crippen LogP contribution in [0.5, 0.6) is 0 Å². The summed E-state index contributed by atoms with van der Waals surface area (Å²) in [5.41, 5.74) is 14.4. The molecule has 0 atom stereocenters. The SMILES string of the molecule is C=Cc1ccc(-c2cccc(-c3cc(-c4cccc(-c5cccnc5)c4)cc(-c4cccc(-c5cccnc5)c4)c3)c2)cn1. The second-order valence-corrected chi connectivity index (χ2v) is 10.7. The molecule has 0 spiro atoms. The van der Waals surface area contributed by atoms with Crippen molar-refractivity contribution in [3.8, 4) is 66.8 Å². The van der Waals surface area contributed by atoms with E-state index in [9.17, 15) is 0 Å². The first kappa shape index (κ1) is 26.9. The third kappa shape index (κ3) is 5.72. The fourth-order valence-electron chi connectivity index (χ4n) is 5.53. The zero-order valence-corrected chi connectivity index (χ0v) is 24.1. The number of aromatic nitrogens is 3. The predicted molar refractivity (Wildman–Crippen MR) is 183 cm³/mol. The van der Waals surface area contributed by atoms with Crippen LogP contribution in [0.4, 0.5) is 0 Å². The van der Waals surface area contributed by atoms with E-state index in [2.05, 4.69) is 131 Å².